The smallest absolute Gasteiger partial charge is 0.137 e. The molecule has 1 heterocycles. The van der Waals surface area contributed by atoms with Crippen LogP contribution in [0.4, 0.5) is 4.39 Å². The summed E-state index contributed by atoms with van der Waals surface area (Å²) in [5, 5.41) is 9.98. The van der Waals surface area contributed by atoms with Crippen LogP contribution < -0.4 is 0 Å². The zero-order chi connectivity index (χ0) is 11.5. The SMILES string of the molecule is CCc1ccc(C(O)c2ccc(F)cc2)o1. The molecule has 0 saturated heterocycles. The van der Waals surface area contributed by atoms with Crippen molar-refractivity contribution in [1.82, 2.24) is 0 Å². The predicted molar refractivity (Wildman–Crippen MR) is 58.5 cm³/mol. The minimum Gasteiger partial charge on any atom is -0.463 e. The molecule has 2 rings (SSSR count). The predicted octanol–water partition coefficient (Wildman–Crippen LogP) is 3.06. The zero-order valence-electron chi connectivity index (χ0n) is 8.98. The molecule has 0 amide bonds. The standard InChI is InChI=1S/C13H13FO2/c1-2-11-7-8-12(16-11)13(15)9-3-5-10(14)6-4-9/h3-8,13,15H,2H2,1H3. The third-order valence-electron chi connectivity index (χ3n) is 2.49. The molecule has 1 unspecified atom stereocenters. The number of aliphatic hydroxyl groups excluding tert-OH is 1. The number of furan rings is 1. The third-order valence-corrected chi connectivity index (χ3v) is 2.49. The zero-order valence-corrected chi connectivity index (χ0v) is 8.98. The van der Waals surface area contributed by atoms with E-state index in [4.69, 9.17) is 4.42 Å². The molecule has 0 radical (unpaired) electrons. The third kappa shape index (κ3) is 2.14. The van der Waals surface area contributed by atoms with E-state index < -0.39 is 6.10 Å². The Morgan fingerprint density at radius 1 is 1.19 bits per heavy atom. The van der Waals surface area contributed by atoms with Gasteiger partial charge in [0, 0.05) is 6.42 Å². The molecule has 0 saturated carbocycles. The van der Waals surface area contributed by atoms with Gasteiger partial charge in [-0.2, -0.15) is 0 Å². The molecule has 0 spiro atoms. The van der Waals surface area contributed by atoms with Gasteiger partial charge in [-0.1, -0.05) is 19.1 Å². The van der Waals surface area contributed by atoms with Crippen LogP contribution in [-0.2, 0) is 6.42 Å². The highest BCUT2D eigenvalue weighted by Crippen LogP contribution is 2.24. The highest BCUT2D eigenvalue weighted by atomic mass is 19.1. The normalized spacial score (nSPS) is 12.7. The number of benzene rings is 1. The molecule has 16 heavy (non-hydrogen) atoms. The Morgan fingerprint density at radius 2 is 1.88 bits per heavy atom. The summed E-state index contributed by atoms with van der Waals surface area (Å²) in [4.78, 5) is 0. The molecule has 3 heteroatoms. The average Bonchev–Trinajstić information content (AvgIpc) is 2.77. The van der Waals surface area contributed by atoms with E-state index in [1.165, 1.54) is 12.1 Å². The summed E-state index contributed by atoms with van der Waals surface area (Å²) >= 11 is 0. The van der Waals surface area contributed by atoms with Crippen LogP contribution in [0.5, 0.6) is 0 Å². The van der Waals surface area contributed by atoms with E-state index in [2.05, 4.69) is 0 Å². The Labute approximate surface area is 93.3 Å². The van der Waals surface area contributed by atoms with Crippen molar-refractivity contribution in [2.24, 2.45) is 0 Å². The lowest BCUT2D eigenvalue weighted by atomic mass is 10.1. The number of hydrogen-bond donors (Lipinski definition) is 1. The summed E-state index contributed by atoms with van der Waals surface area (Å²) < 4.78 is 18.1. The van der Waals surface area contributed by atoms with Crippen LogP contribution >= 0.6 is 0 Å². The van der Waals surface area contributed by atoms with Crippen LogP contribution in [0, 0.1) is 5.82 Å². The van der Waals surface area contributed by atoms with Gasteiger partial charge >= 0.3 is 0 Å². The van der Waals surface area contributed by atoms with Gasteiger partial charge in [0.25, 0.3) is 0 Å². The van der Waals surface area contributed by atoms with Crippen molar-refractivity contribution in [2.75, 3.05) is 0 Å². The van der Waals surface area contributed by atoms with Crippen LogP contribution in [0.1, 0.15) is 30.1 Å². The van der Waals surface area contributed by atoms with Gasteiger partial charge in [0.15, 0.2) is 0 Å². The summed E-state index contributed by atoms with van der Waals surface area (Å²) in [6, 6.07) is 9.32. The Hall–Kier alpha value is -1.61. The maximum atomic E-state index is 12.7. The summed E-state index contributed by atoms with van der Waals surface area (Å²) in [5.74, 6) is 1.00. The molecular formula is C13H13FO2. The largest absolute Gasteiger partial charge is 0.463 e. The molecule has 0 aliphatic rings. The maximum Gasteiger partial charge on any atom is 0.137 e. The van der Waals surface area contributed by atoms with E-state index in [0.29, 0.717) is 11.3 Å². The average molecular weight is 220 g/mol. The van der Waals surface area contributed by atoms with E-state index in [-0.39, 0.29) is 5.82 Å². The van der Waals surface area contributed by atoms with Crippen molar-refractivity contribution in [1.29, 1.82) is 0 Å². The fraction of sp³-hybridized carbons (Fsp3) is 0.231. The van der Waals surface area contributed by atoms with Crippen LogP contribution in [0.3, 0.4) is 0 Å². The van der Waals surface area contributed by atoms with Gasteiger partial charge in [-0.25, -0.2) is 4.39 Å². The van der Waals surface area contributed by atoms with Gasteiger partial charge in [-0.05, 0) is 29.8 Å². The summed E-state index contributed by atoms with van der Waals surface area (Å²) in [7, 11) is 0. The lowest BCUT2D eigenvalue weighted by Crippen LogP contribution is -1.97. The van der Waals surface area contributed by atoms with Gasteiger partial charge in [0.1, 0.15) is 23.4 Å². The minimum atomic E-state index is -0.833. The van der Waals surface area contributed by atoms with E-state index in [1.807, 2.05) is 13.0 Å². The second kappa shape index (κ2) is 4.49. The van der Waals surface area contributed by atoms with Crippen molar-refractivity contribution in [2.45, 2.75) is 19.4 Å². The van der Waals surface area contributed by atoms with Crippen molar-refractivity contribution in [3.05, 3.63) is 59.3 Å². The quantitative estimate of drug-likeness (QED) is 0.862. The molecule has 2 nitrogen and oxygen atoms in total. The first-order chi connectivity index (χ1) is 7.70. The van der Waals surface area contributed by atoms with E-state index in [9.17, 15) is 9.50 Å². The highest BCUT2D eigenvalue weighted by molar-refractivity contribution is 5.25. The first kappa shape index (κ1) is 10.9. The summed E-state index contributed by atoms with van der Waals surface area (Å²) in [6.45, 7) is 1.98. The molecule has 2 aromatic rings. The Bertz CT molecular complexity index is 459. The van der Waals surface area contributed by atoms with Crippen molar-refractivity contribution in [3.63, 3.8) is 0 Å². The molecule has 1 atom stereocenters. The Balaban J connectivity index is 2.24. The first-order valence-corrected chi connectivity index (χ1v) is 5.23. The fourth-order valence-electron chi connectivity index (χ4n) is 1.54. The van der Waals surface area contributed by atoms with Crippen LogP contribution in [0.15, 0.2) is 40.8 Å². The second-order valence-corrected chi connectivity index (χ2v) is 3.61. The Morgan fingerprint density at radius 3 is 2.44 bits per heavy atom. The van der Waals surface area contributed by atoms with Crippen LogP contribution in [-0.4, -0.2) is 5.11 Å². The van der Waals surface area contributed by atoms with Crippen LogP contribution in [0.25, 0.3) is 0 Å². The number of aliphatic hydroxyl groups is 1. The molecule has 84 valence electrons. The topological polar surface area (TPSA) is 33.4 Å². The molecule has 0 fully saturated rings. The van der Waals surface area contributed by atoms with Crippen molar-refractivity contribution >= 4 is 0 Å². The highest BCUT2D eigenvalue weighted by Gasteiger charge is 2.14. The minimum absolute atomic E-state index is 0.315. The number of halogens is 1. The molecule has 0 bridgehead atoms. The molecule has 1 N–H and O–H groups in total. The van der Waals surface area contributed by atoms with Gasteiger partial charge in [-0.15, -0.1) is 0 Å². The lowest BCUT2D eigenvalue weighted by molar-refractivity contribution is 0.187. The van der Waals surface area contributed by atoms with Gasteiger partial charge < -0.3 is 9.52 Å². The number of rotatable bonds is 3. The summed E-state index contributed by atoms with van der Waals surface area (Å²) in [5.41, 5.74) is 0.624. The van der Waals surface area contributed by atoms with Gasteiger partial charge in [0.2, 0.25) is 0 Å². The molecule has 1 aromatic carbocycles. The molecule has 0 aliphatic carbocycles. The van der Waals surface area contributed by atoms with Crippen LogP contribution in [0.2, 0.25) is 0 Å². The number of hydrogen-bond acceptors (Lipinski definition) is 2. The molecule has 0 aliphatic heterocycles. The van der Waals surface area contributed by atoms with E-state index in [0.717, 1.165) is 12.2 Å². The fourth-order valence-corrected chi connectivity index (χ4v) is 1.54. The second-order valence-electron chi connectivity index (χ2n) is 3.61. The van der Waals surface area contributed by atoms with E-state index >= 15 is 0 Å². The Kier molecular flexibility index (Phi) is 3.06. The van der Waals surface area contributed by atoms with Gasteiger partial charge in [-0.3, -0.25) is 0 Å². The van der Waals surface area contributed by atoms with Crippen molar-refractivity contribution in [3.8, 4) is 0 Å². The lowest BCUT2D eigenvalue weighted by Gasteiger charge is -2.07. The van der Waals surface area contributed by atoms with Gasteiger partial charge in [0.05, 0.1) is 0 Å². The first-order valence-electron chi connectivity index (χ1n) is 5.23. The monoisotopic (exact) mass is 220 g/mol. The van der Waals surface area contributed by atoms with E-state index in [1.54, 1.807) is 18.2 Å². The summed E-state index contributed by atoms with van der Waals surface area (Å²) in [6.07, 6.45) is -0.0447. The molecular weight excluding hydrogens is 207 g/mol. The number of aryl methyl sites for hydroxylation is 1. The van der Waals surface area contributed by atoms with Crippen molar-refractivity contribution < 1.29 is 13.9 Å². The molecule has 1 aromatic heterocycles. The maximum absolute atomic E-state index is 12.7.